The molecule has 1 aromatic heterocycles. The number of H-pyrrole nitrogens is 1. The molecule has 0 aliphatic carbocycles. The maximum Gasteiger partial charge on any atom is 0.0454 e. The van der Waals surface area contributed by atoms with Crippen molar-refractivity contribution in [2.45, 2.75) is 52.4 Å². The van der Waals surface area contributed by atoms with Crippen LogP contribution in [-0.4, -0.2) is 4.98 Å². The van der Waals surface area contributed by atoms with Gasteiger partial charge in [0, 0.05) is 11.7 Å². The fourth-order valence-corrected chi connectivity index (χ4v) is 2.46. The zero-order valence-electron chi connectivity index (χ0n) is 15.3. The highest BCUT2D eigenvalue weighted by Crippen LogP contribution is 2.25. The quantitative estimate of drug-likeness (QED) is 0.491. The molecule has 0 fully saturated rings. The van der Waals surface area contributed by atoms with E-state index < -0.39 is 0 Å². The number of rotatable bonds is 0. The van der Waals surface area contributed by atoms with Crippen molar-refractivity contribution in [2.24, 2.45) is 0 Å². The Balaban J connectivity index is 0.000000174. The molecule has 0 radical (unpaired) electrons. The van der Waals surface area contributed by atoms with Crippen LogP contribution in [0.5, 0.6) is 0 Å². The van der Waals surface area contributed by atoms with Gasteiger partial charge in [-0.2, -0.15) is 0 Å². The molecule has 3 aromatic rings. The van der Waals surface area contributed by atoms with Gasteiger partial charge in [-0.3, -0.25) is 0 Å². The summed E-state index contributed by atoms with van der Waals surface area (Å²) in [7, 11) is 0. The lowest BCUT2D eigenvalue weighted by Gasteiger charge is -2.18. The maximum atomic E-state index is 3.20. The van der Waals surface area contributed by atoms with Crippen molar-refractivity contribution in [1.82, 2.24) is 4.98 Å². The summed E-state index contributed by atoms with van der Waals surface area (Å²) < 4.78 is 0. The first kappa shape index (κ1) is 17.3. The lowest BCUT2D eigenvalue weighted by Crippen LogP contribution is -2.10. The van der Waals surface area contributed by atoms with E-state index in [1.165, 1.54) is 22.0 Å². The molecule has 0 spiro atoms. The van der Waals surface area contributed by atoms with E-state index in [2.05, 4.69) is 101 Å². The zero-order chi connectivity index (χ0) is 17.1. The summed E-state index contributed by atoms with van der Waals surface area (Å²) in [5.74, 6) is 0. The SMILES string of the molecule is CC(C)(C)c1ccc2[nH]ccc2c1.CC(C)(C)c1ccccc1. The van der Waals surface area contributed by atoms with Gasteiger partial charge in [0.05, 0.1) is 0 Å². The van der Waals surface area contributed by atoms with Crippen molar-refractivity contribution in [3.8, 4) is 0 Å². The average molecular weight is 307 g/mol. The summed E-state index contributed by atoms with van der Waals surface area (Å²) >= 11 is 0. The third-order valence-electron chi connectivity index (χ3n) is 4.06. The third kappa shape index (κ3) is 4.72. The van der Waals surface area contributed by atoms with Gasteiger partial charge >= 0.3 is 0 Å². The largest absolute Gasteiger partial charge is 0.361 e. The number of fused-ring (bicyclic) bond motifs is 1. The first-order valence-corrected chi connectivity index (χ1v) is 8.31. The molecule has 3 rings (SSSR count). The standard InChI is InChI=1S/C12H15N.C10H14/c1-12(2,3)10-4-5-11-9(8-10)6-7-13-11;1-10(2,3)9-7-5-4-6-8-9/h4-8,13H,1-3H3;4-8H,1-3H3. The average Bonchev–Trinajstić information content (AvgIpc) is 2.94. The Kier molecular flexibility index (Phi) is 4.99. The Hall–Kier alpha value is -2.02. The molecule has 0 saturated heterocycles. The molecular weight excluding hydrogens is 278 g/mol. The van der Waals surface area contributed by atoms with Crippen molar-refractivity contribution in [3.05, 3.63) is 71.9 Å². The van der Waals surface area contributed by atoms with Crippen LogP contribution >= 0.6 is 0 Å². The second-order valence-electron chi connectivity index (χ2n) is 8.15. The number of hydrogen-bond acceptors (Lipinski definition) is 0. The minimum atomic E-state index is 0.242. The van der Waals surface area contributed by atoms with Gasteiger partial charge in [0.15, 0.2) is 0 Å². The van der Waals surface area contributed by atoms with Crippen LogP contribution in [0.1, 0.15) is 52.7 Å². The first-order chi connectivity index (χ1) is 10.7. The van der Waals surface area contributed by atoms with Crippen LogP contribution in [0.3, 0.4) is 0 Å². The number of aromatic nitrogens is 1. The molecule has 0 saturated carbocycles. The lowest BCUT2D eigenvalue weighted by atomic mass is 9.86. The predicted molar refractivity (Wildman–Crippen MR) is 102 cm³/mol. The summed E-state index contributed by atoms with van der Waals surface area (Å²) in [5, 5.41) is 1.30. The minimum absolute atomic E-state index is 0.242. The van der Waals surface area contributed by atoms with Gasteiger partial charge in [-0.25, -0.2) is 0 Å². The maximum absolute atomic E-state index is 3.20. The molecule has 0 bridgehead atoms. The monoisotopic (exact) mass is 307 g/mol. The number of nitrogens with one attached hydrogen (secondary N) is 1. The molecule has 1 nitrogen and oxygen atoms in total. The summed E-state index contributed by atoms with van der Waals surface area (Å²) in [6.45, 7) is 13.4. The van der Waals surface area contributed by atoms with Crippen molar-refractivity contribution in [1.29, 1.82) is 0 Å². The van der Waals surface area contributed by atoms with Crippen LogP contribution in [0.4, 0.5) is 0 Å². The predicted octanol–water partition coefficient (Wildman–Crippen LogP) is 6.45. The summed E-state index contributed by atoms with van der Waals surface area (Å²) in [4.78, 5) is 3.20. The first-order valence-electron chi connectivity index (χ1n) is 8.31. The lowest BCUT2D eigenvalue weighted by molar-refractivity contribution is 0.590. The van der Waals surface area contributed by atoms with Gasteiger partial charge in [0.2, 0.25) is 0 Å². The molecule has 0 unspecified atom stereocenters. The van der Waals surface area contributed by atoms with Crippen LogP contribution in [0, 0.1) is 0 Å². The molecule has 0 atom stereocenters. The van der Waals surface area contributed by atoms with Gasteiger partial charge in [-0.05, 0) is 45.5 Å². The molecule has 0 amide bonds. The molecule has 122 valence electrons. The van der Waals surface area contributed by atoms with Gasteiger partial charge in [-0.15, -0.1) is 0 Å². The smallest absolute Gasteiger partial charge is 0.0454 e. The normalized spacial score (nSPS) is 11.9. The number of benzene rings is 2. The van der Waals surface area contributed by atoms with E-state index in [0.717, 1.165) is 0 Å². The van der Waals surface area contributed by atoms with E-state index in [-0.39, 0.29) is 5.41 Å². The fourth-order valence-electron chi connectivity index (χ4n) is 2.46. The third-order valence-corrected chi connectivity index (χ3v) is 4.06. The highest BCUT2D eigenvalue weighted by Gasteiger charge is 2.13. The topological polar surface area (TPSA) is 15.8 Å². The van der Waals surface area contributed by atoms with Crippen LogP contribution in [-0.2, 0) is 10.8 Å². The van der Waals surface area contributed by atoms with Gasteiger partial charge in [0.1, 0.15) is 0 Å². The Labute approximate surface area is 140 Å². The molecule has 2 aromatic carbocycles. The summed E-state index contributed by atoms with van der Waals surface area (Å²) in [5.41, 5.74) is 4.54. The Morgan fingerprint density at radius 1 is 0.652 bits per heavy atom. The van der Waals surface area contributed by atoms with Crippen molar-refractivity contribution < 1.29 is 0 Å². The van der Waals surface area contributed by atoms with Gasteiger partial charge < -0.3 is 4.98 Å². The molecular formula is C22H29N. The van der Waals surface area contributed by atoms with E-state index in [1.54, 1.807) is 0 Å². The highest BCUT2D eigenvalue weighted by atomic mass is 14.7. The summed E-state index contributed by atoms with van der Waals surface area (Å²) in [6.07, 6.45) is 1.98. The molecule has 1 heterocycles. The highest BCUT2D eigenvalue weighted by molar-refractivity contribution is 5.80. The Morgan fingerprint density at radius 3 is 1.78 bits per heavy atom. The van der Waals surface area contributed by atoms with Gasteiger partial charge in [-0.1, -0.05) is 77.9 Å². The Bertz CT molecular complexity index is 737. The van der Waals surface area contributed by atoms with Crippen molar-refractivity contribution in [2.75, 3.05) is 0 Å². The zero-order valence-corrected chi connectivity index (χ0v) is 15.3. The van der Waals surface area contributed by atoms with E-state index >= 15 is 0 Å². The minimum Gasteiger partial charge on any atom is -0.361 e. The van der Waals surface area contributed by atoms with E-state index in [0.29, 0.717) is 5.41 Å². The van der Waals surface area contributed by atoms with E-state index in [4.69, 9.17) is 0 Å². The van der Waals surface area contributed by atoms with E-state index in [1.807, 2.05) is 6.20 Å². The number of aromatic amines is 1. The second kappa shape index (κ2) is 6.62. The van der Waals surface area contributed by atoms with Crippen LogP contribution in [0.15, 0.2) is 60.8 Å². The molecule has 0 aliphatic heterocycles. The molecule has 23 heavy (non-hydrogen) atoms. The van der Waals surface area contributed by atoms with Crippen LogP contribution in [0.25, 0.3) is 10.9 Å². The van der Waals surface area contributed by atoms with Crippen LogP contribution in [0.2, 0.25) is 0 Å². The molecule has 0 aliphatic rings. The van der Waals surface area contributed by atoms with Crippen molar-refractivity contribution >= 4 is 10.9 Å². The van der Waals surface area contributed by atoms with Gasteiger partial charge in [0.25, 0.3) is 0 Å². The van der Waals surface area contributed by atoms with E-state index in [9.17, 15) is 0 Å². The fraction of sp³-hybridized carbons (Fsp3) is 0.364. The van der Waals surface area contributed by atoms with Crippen LogP contribution < -0.4 is 0 Å². The second-order valence-corrected chi connectivity index (χ2v) is 8.15. The molecule has 1 N–H and O–H groups in total. The number of hydrogen-bond donors (Lipinski definition) is 1. The summed E-state index contributed by atoms with van der Waals surface area (Å²) in [6, 6.07) is 19.3. The Morgan fingerprint density at radius 2 is 1.26 bits per heavy atom. The molecule has 1 heteroatoms. The van der Waals surface area contributed by atoms with Crippen molar-refractivity contribution in [3.63, 3.8) is 0 Å².